The Morgan fingerprint density at radius 1 is 1.36 bits per heavy atom. The molecule has 1 aliphatic carbocycles. The van der Waals surface area contributed by atoms with Gasteiger partial charge >= 0.3 is 0 Å². The second-order valence-corrected chi connectivity index (χ2v) is 4.12. The molecule has 2 aliphatic rings. The zero-order valence-corrected chi connectivity index (χ0v) is 8.62. The van der Waals surface area contributed by atoms with Gasteiger partial charge in [-0.15, -0.1) is 0 Å². The maximum Gasteiger partial charge on any atom is 0.233 e. The molecule has 0 saturated carbocycles. The van der Waals surface area contributed by atoms with Crippen molar-refractivity contribution in [1.29, 1.82) is 0 Å². The molecular weight excluding hydrogens is 178 g/mol. The van der Waals surface area contributed by atoms with Crippen LogP contribution in [0, 0.1) is 11.8 Å². The molecule has 0 bridgehead atoms. The SMILES string of the molecule is CCN1C(=O)[C@H]2CC(C)=CC[C@H]2C1=O. The highest BCUT2D eigenvalue weighted by Crippen LogP contribution is 2.37. The number of likely N-dealkylation sites (tertiary alicyclic amines) is 1. The summed E-state index contributed by atoms with van der Waals surface area (Å²) in [7, 11) is 0. The van der Waals surface area contributed by atoms with Gasteiger partial charge in [0, 0.05) is 6.54 Å². The van der Waals surface area contributed by atoms with Crippen LogP contribution in [0.2, 0.25) is 0 Å². The van der Waals surface area contributed by atoms with E-state index >= 15 is 0 Å². The molecule has 2 rings (SSSR count). The summed E-state index contributed by atoms with van der Waals surface area (Å²) in [5, 5.41) is 0. The highest BCUT2D eigenvalue weighted by atomic mass is 16.2. The van der Waals surface area contributed by atoms with Crippen LogP contribution in [0.15, 0.2) is 11.6 Å². The molecule has 0 unspecified atom stereocenters. The van der Waals surface area contributed by atoms with Crippen molar-refractivity contribution in [1.82, 2.24) is 4.90 Å². The van der Waals surface area contributed by atoms with E-state index in [1.807, 2.05) is 13.8 Å². The number of rotatable bonds is 1. The van der Waals surface area contributed by atoms with E-state index in [2.05, 4.69) is 6.08 Å². The van der Waals surface area contributed by atoms with Gasteiger partial charge < -0.3 is 0 Å². The van der Waals surface area contributed by atoms with E-state index in [1.165, 1.54) is 10.5 Å². The Bertz CT molecular complexity index is 319. The average Bonchev–Trinajstić information content (AvgIpc) is 2.39. The third-order valence-corrected chi connectivity index (χ3v) is 3.23. The number of carbonyl (C=O) groups is 2. The van der Waals surface area contributed by atoms with E-state index in [9.17, 15) is 9.59 Å². The lowest BCUT2D eigenvalue weighted by molar-refractivity contribution is -0.139. The minimum Gasteiger partial charge on any atom is -0.282 e. The highest BCUT2D eigenvalue weighted by Gasteiger charge is 2.47. The number of fused-ring (bicyclic) bond motifs is 1. The molecule has 0 aromatic carbocycles. The molecule has 1 fully saturated rings. The lowest BCUT2D eigenvalue weighted by Gasteiger charge is -2.19. The first-order valence-electron chi connectivity index (χ1n) is 5.16. The molecule has 0 spiro atoms. The van der Waals surface area contributed by atoms with E-state index in [-0.39, 0.29) is 23.7 Å². The van der Waals surface area contributed by atoms with Crippen LogP contribution in [-0.4, -0.2) is 23.3 Å². The summed E-state index contributed by atoms with van der Waals surface area (Å²) in [6.45, 7) is 4.40. The molecule has 0 radical (unpaired) electrons. The van der Waals surface area contributed by atoms with Crippen LogP contribution in [0.4, 0.5) is 0 Å². The number of imide groups is 1. The first kappa shape index (κ1) is 9.44. The van der Waals surface area contributed by atoms with Crippen LogP contribution in [-0.2, 0) is 9.59 Å². The second-order valence-electron chi connectivity index (χ2n) is 4.12. The Labute approximate surface area is 83.8 Å². The monoisotopic (exact) mass is 193 g/mol. The molecule has 3 nitrogen and oxygen atoms in total. The van der Waals surface area contributed by atoms with E-state index in [1.54, 1.807) is 0 Å². The minimum atomic E-state index is -0.0638. The third-order valence-electron chi connectivity index (χ3n) is 3.23. The van der Waals surface area contributed by atoms with Gasteiger partial charge in [-0.25, -0.2) is 0 Å². The van der Waals surface area contributed by atoms with Gasteiger partial charge in [0.15, 0.2) is 0 Å². The van der Waals surface area contributed by atoms with Gasteiger partial charge in [-0.3, -0.25) is 14.5 Å². The van der Waals surface area contributed by atoms with Crippen molar-refractivity contribution in [3.05, 3.63) is 11.6 Å². The van der Waals surface area contributed by atoms with Gasteiger partial charge in [-0.05, 0) is 26.7 Å². The summed E-state index contributed by atoms with van der Waals surface area (Å²) in [5.41, 5.74) is 1.24. The number of carbonyl (C=O) groups excluding carboxylic acids is 2. The molecule has 3 heteroatoms. The zero-order chi connectivity index (χ0) is 10.3. The number of hydrogen-bond donors (Lipinski definition) is 0. The summed E-state index contributed by atoms with van der Waals surface area (Å²) in [6.07, 6.45) is 3.61. The Morgan fingerprint density at radius 2 is 2.00 bits per heavy atom. The fourth-order valence-electron chi connectivity index (χ4n) is 2.42. The normalized spacial score (nSPS) is 31.9. The van der Waals surface area contributed by atoms with Gasteiger partial charge in [0.2, 0.25) is 11.8 Å². The Kier molecular flexibility index (Phi) is 2.17. The molecule has 1 aliphatic heterocycles. The van der Waals surface area contributed by atoms with E-state index < -0.39 is 0 Å². The van der Waals surface area contributed by atoms with Gasteiger partial charge in [-0.1, -0.05) is 11.6 Å². The smallest absolute Gasteiger partial charge is 0.233 e. The standard InChI is InChI=1S/C11H15NO2/c1-3-12-10(13)8-5-4-7(2)6-9(8)11(12)14/h4,8-9H,3,5-6H2,1-2H3/t8-,9+/m1/s1. The van der Waals surface area contributed by atoms with Crippen molar-refractivity contribution in [3.8, 4) is 0 Å². The molecule has 1 heterocycles. The molecule has 2 amide bonds. The predicted octanol–water partition coefficient (Wildman–Crippen LogP) is 1.35. The van der Waals surface area contributed by atoms with Crippen LogP contribution in [0.5, 0.6) is 0 Å². The van der Waals surface area contributed by atoms with Crippen LogP contribution in [0.1, 0.15) is 26.7 Å². The van der Waals surface area contributed by atoms with Gasteiger partial charge in [0.25, 0.3) is 0 Å². The van der Waals surface area contributed by atoms with Crippen LogP contribution in [0.3, 0.4) is 0 Å². The van der Waals surface area contributed by atoms with Crippen LogP contribution < -0.4 is 0 Å². The van der Waals surface area contributed by atoms with Gasteiger partial charge in [0.1, 0.15) is 0 Å². The molecule has 14 heavy (non-hydrogen) atoms. The summed E-state index contributed by atoms with van der Waals surface area (Å²) >= 11 is 0. The van der Waals surface area contributed by atoms with Crippen LogP contribution >= 0.6 is 0 Å². The molecule has 76 valence electrons. The van der Waals surface area contributed by atoms with Gasteiger partial charge in [0.05, 0.1) is 11.8 Å². The topological polar surface area (TPSA) is 37.4 Å². The third kappa shape index (κ3) is 1.19. The average molecular weight is 193 g/mol. The maximum absolute atomic E-state index is 11.8. The summed E-state index contributed by atoms with van der Waals surface area (Å²) < 4.78 is 0. The Hall–Kier alpha value is -1.12. The first-order valence-corrected chi connectivity index (χ1v) is 5.16. The Morgan fingerprint density at radius 3 is 2.64 bits per heavy atom. The maximum atomic E-state index is 11.8. The van der Waals surface area contributed by atoms with Crippen molar-refractivity contribution < 1.29 is 9.59 Å². The fourth-order valence-corrected chi connectivity index (χ4v) is 2.42. The van der Waals surface area contributed by atoms with Crippen molar-refractivity contribution in [2.75, 3.05) is 6.54 Å². The summed E-state index contributed by atoms with van der Waals surface area (Å²) in [5.74, 6) is -0.0557. The quantitative estimate of drug-likeness (QED) is 0.465. The largest absolute Gasteiger partial charge is 0.282 e. The van der Waals surface area contributed by atoms with Crippen molar-refractivity contribution >= 4 is 11.8 Å². The molecule has 0 aromatic rings. The molecule has 2 atom stereocenters. The second kappa shape index (κ2) is 3.23. The molecule has 1 saturated heterocycles. The Balaban J connectivity index is 2.27. The number of allylic oxidation sites excluding steroid dienone is 2. The highest BCUT2D eigenvalue weighted by molar-refractivity contribution is 6.05. The lowest BCUT2D eigenvalue weighted by atomic mass is 9.82. The molecule has 0 aromatic heterocycles. The number of amides is 2. The van der Waals surface area contributed by atoms with E-state index in [0.717, 1.165) is 12.8 Å². The van der Waals surface area contributed by atoms with E-state index in [0.29, 0.717) is 6.54 Å². The summed E-state index contributed by atoms with van der Waals surface area (Å²) in [4.78, 5) is 25.0. The van der Waals surface area contributed by atoms with Crippen molar-refractivity contribution in [2.45, 2.75) is 26.7 Å². The first-order chi connectivity index (χ1) is 6.65. The van der Waals surface area contributed by atoms with Gasteiger partial charge in [-0.2, -0.15) is 0 Å². The lowest BCUT2D eigenvalue weighted by Crippen LogP contribution is -2.30. The predicted molar refractivity (Wildman–Crippen MR) is 52.4 cm³/mol. The van der Waals surface area contributed by atoms with Crippen molar-refractivity contribution in [2.24, 2.45) is 11.8 Å². The van der Waals surface area contributed by atoms with Crippen LogP contribution in [0.25, 0.3) is 0 Å². The zero-order valence-electron chi connectivity index (χ0n) is 8.62. The summed E-state index contributed by atoms with van der Waals surface area (Å²) in [6, 6.07) is 0. The van der Waals surface area contributed by atoms with E-state index in [4.69, 9.17) is 0 Å². The van der Waals surface area contributed by atoms with Crippen molar-refractivity contribution in [3.63, 3.8) is 0 Å². The fraction of sp³-hybridized carbons (Fsp3) is 0.636. The number of nitrogens with zero attached hydrogens (tertiary/aromatic N) is 1. The minimum absolute atomic E-state index is 0.0336. The molecular formula is C11H15NO2. The number of hydrogen-bond acceptors (Lipinski definition) is 2. The molecule has 0 N–H and O–H groups in total.